The zero-order valence-electron chi connectivity index (χ0n) is 18.5. The predicted molar refractivity (Wildman–Crippen MR) is 123 cm³/mol. The Morgan fingerprint density at radius 2 is 1.69 bits per heavy atom. The first kappa shape index (κ1) is 22.0. The Kier molecular flexibility index (Phi) is 6.53. The van der Waals surface area contributed by atoms with Gasteiger partial charge in [-0.15, -0.1) is 0 Å². The summed E-state index contributed by atoms with van der Waals surface area (Å²) in [6, 6.07) is 13.2. The van der Waals surface area contributed by atoms with Gasteiger partial charge in [0.05, 0.1) is 11.4 Å². The molecule has 2 aliphatic rings. The monoisotopic (exact) mass is 436 g/mol. The van der Waals surface area contributed by atoms with E-state index in [1.807, 2.05) is 12.1 Å². The molecule has 2 N–H and O–H groups in total. The van der Waals surface area contributed by atoms with Crippen molar-refractivity contribution in [3.05, 3.63) is 65.5 Å². The molecule has 1 atom stereocenters. The molecule has 7 heteroatoms. The average molecular weight is 437 g/mol. The van der Waals surface area contributed by atoms with Crippen LogP contribution in [0.4, 0.5) is 14.9 Å². The van der Waals surface area contributed by atoms with Crippen molar-refractivity contribution < 1.29 is 14.0 Å². The number of hydrogen-bond acceptors (Lipinski definition) is 3. The molecule has 1 aliphatic carbocycles. The number of amides is 3. The number of benzene rings is 2. The van der Waals surface area contributed by atoms with E-state index in [1.165, 1.54) is 11.0 Å². The van der Waals surface area contributed by atoms with E-state index < -0.39 is 18.0 Å². The number of fused-ring (bicyclic) bond motifs is 1. The highest BCUT2D eigenvalue weighted by atomic mass is 19.1. The molecule has 1 unspecified atom stereocenters. The van der Waals surface area contributed by atoms with Crippen LogP contribution in [0.1, 0.15) is 50.2 Å². The van der Waals surface area contributed by atoms with Gasteiger partial charge in [-0.2, -0.15) is 0 Å². The zero-order valence-corrected chi connectivity index (χ0v) is 18.5. The summed E-state index contributed by atoms with van der Waals surface area (Å²) in [6.07, 6.45) is 4.05. The number of carbonyl (C=O) groups is 2. The first-order chi connectivity index (χ1) is 15.5. The molecule has 168 valence electrons. The molecule has 0 saturated heterocycles. The number of para-hydroxylation sites is 1. The topological polar surface area (TPSA) is 73.8 Å². The number of anilines is 1. The van der Waals surface area contributed by atoms with Crippen LogP contribution in [0.15, 0.2) is 53.5 Å². The van der Waals surface area contributed by atoms with Crippen molar-refractivity contribution in [1.82, 2.24) is 10.6 Å². The summed E-state index contributed by atoms with van der Waals surface area (Å²) in [5.41, 5.74) is 1.87. The summed E-state index contributed by atoms with van der Waals surface area (Å²) in [5, 5.41) is 5.70. The normalized spacial score (nSPS) is 23.1. The maximum atomic E-state index is 14.7. The molecule has 0 radical (unpaired) electrons. The number of nitrogens with one attached hydrogen (secondary N) is 2. The summed E-state index contributed by atoms with van der Waals surface area (Å²) in [7, 11) is 1.64. The molecule has 3 amide bonds. The minimum Gasteiger partial charge on any atom is -0.335 e. The smallest absolute Gasteiger partial charge is 0.317 e. The van der Waals surface area contributed by atoms with Crippen molar-refractivity contribution in [3.63, 3.8) is 0 Å². The average Bonchev–Trinajstić information content (AvgIpc) is 2.91. The van der Waals surface area contributed by atoms with E-state index in [2.05, 4.69) is 22.5 Å². The highest BCUT2D eigenvalue weighted by Crippen LogP contribution is 2.28. The molecule has 2 aromatic carbocycles. The fourth-order valence-corrected chi connectivity index (χ4v) is 4.55. The van der Waals surface area contributed by atoms with Gasteiger partial charge in [0.25, 0.3) is 5.91 Å². The lowest BCUT2D eigenvalue weighted by Gasteiger charge is -2.29. The Morgan fingerprint density at radius 1 is 1.03 bits per heavy atom. The van der Waals surface area contributed by atoms with Crippen molar-refractivity contribution in [3.8, 4) is 0 Å². The van der Waals surface area contributed by atoms with E-state index in [0.717, 1.165) is 38.0 Å². The predicted octanol–water partition coefficient (Wildman–Crippen LogP) is 4.23. The number of carbonyl (C=O) groups excluding carboxylic acids is 2. The number of likely N-dealkylation sites (N-methyl/N-ethyl adjacent to an activating group) is 1. The maximum Gasteiger partial charge on any atom is 0.317 e. The molecule has 4 rings (SSSR count). The summed E-state index contributed by atoms with van der Waals surface area (Å²) in [5.74, 6) is -0.0952. The van der Waals surface area contributed by atoms with Crippen LogP contribution in [-0.4, -0.2) is 36.9 Å². The molecular formula is C25H29FN4O2. The molecule has 1 fully saturated rings. The number of halogens is 1. The minimum atomic E-state index is -1.16. The molecule has 0 aromatic heterocycles. The van der Waals surface area contributed by atoms with Crippen LogP contribution < -0.4 is 15.5 Å². The lowest BCUT2D eigenvalue weighted by Crippen LogP contribution is -2.51. The Hall–Kier alpha value is -3.22. The first-order valence-electron chi connectivity index (χ1n) is 11.2. The van der Waals surface area contributed by atoms with Gasteiger partial charge in [-0.1, -0.05) is 43.7 Å². The number of benzodiazepines with no additional fused rings is 1. The van der Waals surface area contributed by atoms with E-state index in [-0.39, 0.29) is 17.5 Å². The van der Waals surface area contributed by atoms with Gasteiger partial charge in [0.15, 0.2) is 0 Å². The number of hydrogen-bond donors (Lipinski definition) is 2. The van der Waals surface area contributed by atoms with Crippen molar-refractivity contribution in [1.29, 1.82) is 0 Å². The molecule has 1 saturated carbocycles. The lowest BCUT2D eigenvalue weighted by molar-refractivity contribution is -0.119. The third-order valence-electron chi connectivity index (χ3n) is 6.50. The SMILES string of the molecule is CCC1CCC(NC(=O)NC2N=C(c3ccccc3F)c3ccccc3N(C)C2=O)CC1. The first-order valence-corrected chi connectivity index (χ1v) is 11.2. The molecule has 1 heterocycles. The van der Waals surface area contributed by atoms with Crippen LogP contribution in [0.25, 0.3) is 0 Å². The highest BCUT2D eigenvalue weighted by molar-refractivity contribution is 6.20. The number of urea groups is 1. The summed E-state index contributed by atoms with van der Waals surface area (Å²) in [4.78, 5) is 31.9. The van der Waals surface area contributed by atoms with Crippen molar-refractivity contribution >= 4 is 23.3 Å². The van der Waals surface area contributed by atoms with Gasteiger partial charge < -0.3 is 15.5 Å². The minimum absolute atomic E-state index is 0.0867. The van der Waals surface area contributed by atoms with Gasteiger partial charge in [0.1, 0.15) is 5.82 Å². The Morgan fingerprint density at radius 3 is 2.38 bits per heavy atom. The fraction of sp³-hybridized carbons (Fsp3) is 0.400. The Balaban J connectivity index is 1.60. The van der Waals surface area contributed by atoms with E-state index in [9.17, 15) is 14.0 Å². The molecule has 1 aliphatic heterocycles. The standard InChI is InChI=1S/C25H29FN4O2/c1-3-16-12-14-17(15-13-16)27-25(32)29-23-24(31)30(2)21-11-7-5-9-19(21)22(28-23)18-8-4-6-10-20(18)26/h4-11,16-17,23H,3,12-15H2,1-2H3,(H2,27,29,32). The second kappa shape index (κ2) is 9.51. The number of aliphatic imine (C=N–C) groups is 1. The maximum absolute atomic E-state index is 14.7. The van der Waals surface area contributed by atoms with Crippen LogP contribution in [0, 0.1) is 11.7 Å². The third-order valence-corrected chi connectivity index (χ3v) is 6.50. The highest BCUT2D eigenvalue weighted by Gasteiger charge is 2.32. The van der Waals surface area contributed by atoms with E-state index in [4.69, 9.17) is 0 Å². The molecule has 0 spiro atoms. The van der Waals surface area contributed by atoms with Crippen LogP contribution in [0.2, 0.25) is 0 Å². The summed E-state index contributed by atoms with van der Waals surface area (Å²) < 4.78 is 14.7. The van der Waals surface area contributed by atoms with E-state index in [1.54, 1.807) is 37.4 Å². The van der Waals surface area contributed by atoms with Crippen LogP contribution in [-0.2, 0) is 4.79 Å². The van der Waals surface area contributed by atoms with Crippen molar-refractivity contribution in [2.45, 2.75) is 51.2 Å². The summed E-state index contributed by atoms with van der Waals surface area (Å²) in [6.45, 7) is 2.20. The molecule has 6 nitrogen and oxygen atoms in total. The van der Waals surface area contributed by atoms with E-state index >= 15 is 0 Å². The van der Waals surface area contributed by atoms with Gasteiger partial charge in [0, 0.05) is 24.2 Å². The molecule has 0 bridgehead atoms. The van der Waals surface area contributed by atoms with E-state index in [0.29, 0.717) is 17.0 Å². The fourth-order valence-electron chi connectivity index (χ4n) is 4.55. The zero-order chi connectivity index (χ0) is 22.7. The Labute approximate surface area is 187 Å². The van der Waals surface area contributed by atoms with Gasteiger partial charge in [-0.05, 0) is 49.8 Å². The van der Waals surface area contributed by atoms with Gasteiger partial charge >= 0.3 is 6.03 Å². The van der Waals surface area contributed by atoms with Crippen molar-refractivity contribution in [2.24, 2.45) is 10.9 Å². The Bertz CT molecular complexity index is 1030. The van der Waals surface area contributed by atoms with Crippen molar-refractivity contribution in [2.75, 3.05) is 11.9 Å². The third kappa shape index (κ3) is 4.52. The largest absolute Gasteiger partial charge is 0.335 e. The van der Waals surface area contributed by atoms with Crippen LogP contribution in [0.3, 0.4) is 0 Å². The molecule has 2 aromatic rings. The molecular weight excluding hydrogens is 407 g/mol. The quantitative estimate of drug-likeness (QED) is 0.753. The lowest BCUT2D eigenvalue weighted by atomic mass is 9.85. The van der Waals surface area contributed by atoms with Gasteiger partial charge in [0.2, 0.25) is 6.17 Å². The van der Waals surface area contributed by atoms with Crippen LogP contribution in [0.5, 0.6) is 0 Å². The number of rotatable bonds is 4. The van der Waals surface area contributed by atoms with Gasteiger partial charge in [-0.3, -0.25) is 4.79 Å². The summed E-state index contributed by atoms with van der Waals surface area (Å²) >= 11 is 0. The number of nitrogens with zero attached hydrogens (tertiary/aromatic N) is 2. The van der Waals surface area contributed by atoms with Gasteiger partial charge in [-0.25, -0.2) is 14.2 Å². The van der Waals surface area contributed by atoms with Crippen LogP contribution >= 0.6 is 0 Å². The second-order valence-electron chi connectivity index (χ2n) is 8.52. The molecule has 32 heavy (non-hydrogen) atoms. The second-order valence-corrected chi connectivity index (χ2v) is 8.52.